The number of amides is 1. The SMILES string of the molecule is CCCCOc1ccc(C2=Nc3ccc(C(=O)N(C)OC)cc3C2)cc1.CCCCOc1ccc(C2=Nc3ccc(C=O)cc3C2)cc1. The maximum absolute atomic E-state index is 12.2. The summed E-state index contributed by atoms with van der Waals surface area (Å²) < 4.78 is 11.4. The zero-order valence-corrected chi connectivity index (χ0v) is 28.2. The minimum absolute atomic E-state index is 0.169. The Labute approximate surface area is 283 Å². The summed E-state index contributed by atoms with van der Waals surface area (Å²) >= 11 is 0. The maximum atomic E-state index is 12.2. The van der Waals surface area contributed by atoms with E-state index in [0.29, 0.717) is 17.5 Å². The number of ether oxygens (including phenoxy) is 2. The van der Waals surface area contributed by atoms with Crippen LogP contribution in [0, 0.1) is 0 Å². The van der Waals surface area contributed by atoms with Crippen molar-refractivity contribution >= 4 is 35.0 Å². The summed E-state index contributed by atoms with van der Waals surface area (Å²) in [5, 5.41) is 1.22. The minimum Gasteiger partial charge on any atom is -0.494 e. The fourth-order valence-corrected chi connectivity index (χ4v) is 5.38. The Morgan fingerprint density at radius 1 is 0.729 bits per heavy atom. The van der Waals surface area contributed by atoms with Crippen molar-refractivity contribution in [3.63, 3.8) is 0 Å². The van der Waals surface area contributed by atoms with Gasteiger partial charge in [-0.05, 0) is 120 Å². The van der Waals surface area contributed by atoms with E-state index in [1.165, 1.54) is 12.2 Å². The number of unbranched alkanes of at least 4 members (excludes halogenated alkanes) is 2. The van der Waals surface area contributed by atoms with E-state index in [0.717, 1.165) is 108 Å². The number of carbonyl (C=O) groups excluding carboxylic acids is 2. The van der Waals surface area contributed by atoms with E-state index in [9.17, 15) is 9.59 Å². The first-order valence-electron chi connectivity index (χ1n) is 16.6. The van der Waals surface area contributed by atoms with Crippen LogP contribution >= 0.6 is 0 Å². The van der Waals surface area contributed by atoms with Crippen molar-refractivity contribution in [1.29, 1.82) is 0 Å². The highest BCUT2D eigenvalue weighted by Gasteiger charge is 2.20. The van der Waals surface area contributed by atoms with Crippen molar-refractivity contribution < 1.29 is 23.9 Å². The quantitative estimate of drug-likeness (QED) is 0.0826. The van der Waals surface area contributed by atoms with E-state index in [2.05, 4.69) is 18.8 Å². The van der Waals surface area contributed by atoms with Crippen LogP contribution < -0.4 is 9.47 Å². The van der Waals surface area contributed by atoms with E-state index >= 15 is 0 Å². The predicted molar refractivity (Wildman–Crippen MR) is 191 cm³/mol. The molecule has 4 aromatic rings. The van der Waals surface area contributed by atoms with Gasteiger partial charge in [-0.15, -0.1) is 0 Å². The summed E-state index contributed by atoms with van der Waals surface area (Å²) in [7, 11) is 3.07. The molecule has 0 aliphatic carbocycles. The Morgan fingerprint density at radius 2 is 1.23 bits per heavy atom. The molecular formula is C40H43N3O5. The van der Waals surface area contributed by atoms with Gasteiger partial charge in [0.1, 0.15) is 17.8 Å². The highest BCUT2D eigenvalue weighted by molar-refractivity contribution is 6.08. The topological polar surface area (TPSA) is 89.8 Å². The fraction of sp³-hybridized carbons (Fsp3) is 0.300. The predicted octanol–water partition coefficient (Wildman–Crippen LogP) is 8.53. The first-order valence-corrected chi connectivity index (χ1v) is 16.6. The highest BCUT2D eigenvalue weighted by atomic mass is 16.7. The third-order valence-corrected chi connectivity index (χ3v) is 8.26. The van der Waals surface area contributed by atoms with Gasteiger partial charge in [0, 0.05) is 31.0 Å². The molecule has 0 atom stereocenters. The summed E-state index contributed by atoms with van der Waals surface area (Å²) in [5.74, 6) is 1.61. The Bertz CT molecular complexity index is 1780. The number of hydrogen-bond donors (Lipinski definition) is 0. The molecule has 1 amide bonds. The second-order valence-electron chi connectivity index (χ2n) is 11.8. The van der Waals surface area contributed by atoms with Gasteiger partial charge in [0.25, 0.3) is 5.91 Å². The maximum Gasteiger partial charge on any atom is 0.277 e. The molecule has 0 bridgehead atoms. The Hall–Kier alpha value is -5.08. The van der Waals surface area contributed by atoms with Crippen molar-refractivity contribution in [3.8, 4) is 11.5 Å². The molecule has 0 fully saturated rings. The largest absolute Gasteiger partial charge is 0.494 e. The molecule has 0 saturated carbocycles. The van der Waals surface area contributed by atoms with Gasteiger partial charge < -0.3 is 9.47 Å². The number of aliphatic imine (C=N–C) groups is 2. The van der Waals surface area contributed by atoms with Crippen LogP contribution in [0.5, 0.6) is 11.5 Å². The van der Waals surface area contributed by atoms with Crippen LogP contribution in [-0.4, -0.2) is 56.1 Å². The summed E-state index contributed by atoms with van der Waals surface area (Å²) in [6, 6.07) is 27.3. The second-order valence-corrected chi connectivity index (χ2v) is 11.8. The van der Waals surface area contributed by atoms with Crippen LogP contribution in [0.2, 0.25) is 0 Å². The lowest BCUT2D eigenvalue weighted by Gasteiger charge is -2.13. The van der Waals surface area contributed by atoms with Gasteiger partial charge in [-0.3, -0.25) is 24.4 Å². The van der Waals surface area contributed by atoms with Gasteiger partial charge in [0.15, 0.2) is 0 Å². The first kappa shape index (κ1) is 34.3. The number of nitrogens with zero attached hydrogens (tertiary/aromatic N) is 3. The highest BCUT2D eigenvalue weighted by Crippen LogP contribution is 2.31. The van der Waals surface area contributed by atoms with Crippen LogP contribution in [0.4, 0.5) is 11.4 Å². The Balaban J connectivity index is 0.000000190. The monoisotopic (exact) mass is 645 g/mol. The molecule has 248 valence electrons. The summed E-state index contributed by atoms with van der Waals surface area (Å²) in [6.07, 6.45) is 6.75. The zero-order chi connectivity index (χ0) is 33.9. The van der Waals surface area contributed by atoms with E-state index in [1.54, 1.807) is 13.1 Å². The molecule has 0 saturated heterocycles. The Kier molecular flexibility index (Phi) is 11.9. The number of hydroxylamine groups is 2. The normalized spacial score (nSPS) is 12.6. The number of hydrogen-bond acceptors (Lipinski definition) is 7. The van der Waals surface area contributed by atoms with E-state index in [-0.39, 0.29) is 5.91 Å². The smallest absolute Gasteiger partial charge is 0.277 e. The van der Waals surface area contributed by atoms with Crippen LogP contribution in [0.25, 0.3) is 0 Å². The number of aldehydes is 1. The average molecular weight is 646 g/mol. The molecular weight excluding hydrogens is 602 g/mol. The second kappa shape index (κ2) is 16.7. The van der Waals surface area contributed by atoms with Gasteiger partial charge in [-0.2, -0.15) is 0 Å². The summed E-state index contributed by atoms with van der Waals surface area (Å²) in [6.45, 7) is 5.80. The molecule has 8 nitrogen and oxygen atoms in total. The van der Waals surface area contributed by atoms with Gasteiger partial charge in [0.2, 0.25) is 0 Å². The molecule has 4 aromatic carbocycles. The minimum atomic E-state index is -0.169. The lowest BCUT2D eigenvalue weighted by molar-refractivity contribution is -0.0757. The molecule has 0 radical (unpaired) electrons. The van der Waals surface area contributed by atoms with Crippen molar-refractivity contribution in [2.45, 2.75) is 52.4 Å². The lowest BCUT2D eigenvalue weighted by atomic mass is 10.0. The van der Waals surface area contributed by atoms with E-state index in [1.807, 2.05) is 78.9 Å². The van der Waals surface area contributed by atoms with E-state index in [4.69, 9.17) is 19.3 Å². The molecule has 0 spiro atoms. The van der Waals surface area contributed by atoms with Gasteiger partial charge in [-0.25, -0.2) is 5.06 Å². The molecule has 2 heterocycles. The van der Waals surface area contributed by atoms with Gasteiger partial charge in [-0.1, -0.05) is 26.7 Å². The molecule has 6 rings (SSSR count). The third kappa shape index (κ3) is 8.63. The molecule has 8 heteroatoms. The molecule has 0 aromatic heterocycles. The summed E-state index contributed by atoms with van der Waals surface area (Å²) in [4.78, 5) is 37.4. The number of fused-ring (bicyclic) bond motifs is 2. The molecule has 2 aliphatic heterocycles. The van der Waals surface area contributed by atoms with Crippen molar-refractivity contribution in [2.24, 2.45) is 9.98 Å². The van der Waals surface area contributed by atoms with Crippen molar-refractivity contribution in [1.82, 2.24) is 5.06 Å². The number of benzene rings is 4. The van der Waals surface area contributed by atoms with Crippen LogP contribution in [0.1, 0.15) is 82.5 Å². The standard InChI is InChI=1S/C21H24N2O3.C19H19NO2/c1-4-5-12-26-18-9-6-15(7-10-18)20-14-17-13-16(8-11-19(17)22-20)21(24)23(2)25-3;1-2-3-10-22-17-7-5-15(6-8-17)19-12-16-11-14(13-21)4-9-18(16)20-19/h6-11,13H,4-5,12,14H2,1-3H3;4-9,11,13H,2-3,10,12H2,1H3. The molecule has 0 N–H and O–H groups in total. The zero-order valence-electron chi connectivity index (χ0n) is 28.2. The van der Waals surface area contributed by atoms with Crippen molar-refractivity contribution in [2.75, 3.05) is 27.4 Å². The average Bonchev–Trinajstić information content (AvgIpc) is 3.76. The molecule has 0 unspecified atom stereocenters. The van der Waals surface area contributed by atoms with Crippen LogP contribution in [-0.2, 0) is 17.7 Å². The fourth-order valence-electron chi connectivity index (χ4n) is 5.38. The van der Waals surface area contributed by atoms with Crippen molar-refractivity contribution in [3.05, 3.63) is 118 Å². The molecule has 48 heavy (non-hydrogen) atoms. The lowest BCUT2D eigenvalue weighted by Crippen LogP contribution is -2.25. The first-order chi connectivity index (χ1) is 23.4. The van der Waals surface area contributed by atoms with E-state index < -0.39 is 0 Å². The molecule has 2 aliphatic rings. The van der Waals surface area contributed by atoms with Crippen LogP contribution in [0.15, 0.2) is 94.9 Å². The van der Waals surface area contributed by atoms with Crippen LogP contribution in [0.3, 0.4) is 0 Å². The van der Waals surface area contributed by atoms with Gasteiger partial charge >= 0.3 is 0 Å². The third-order valence-electron chi connectivity index (χ3n) is 8.26. The van der Waals surface area contributed by atoms with Gasteiger partial charge in [0.05, 0.1) is 43.1 Å². The summed E-state index contributed by atoms with van der Waals surface area (Å²) in [5.41, 5.74) is 9.57. The Morgan fingerprint density at radius 3 is 1.71 bits per heavy atom. The number of carbonyl (C=O) groups is 2. The number of rotatable bonds is 13.